The predicted octanol–water partition coefficient (Wildman–Crippen LogP) is 3.23. The summed E-state index contributed by atoms with van der Waals surface area (Å²) in [6.45, 7) is 1.70. The van der Waals surface area contributed by atoms with Crippen LogP contribution in [0.3, 0.4) is 0 Å². The Morgan fingerprint density at radius 3 is 2.32 bits per heavy atom. The maximum atomic E-state index is 5.99. The summed E-state index contributed by atoms with van der Waals surface area (Å²) in [4.78, 5) is 16.6. The first-order chi connectivity index (χ1) is 13.7. The van der Waals surface area contributed by atoms with Gasteiger partial charge in [-0.25, -0.2) is 0 Å². The zero-order valence-electron chi connectivity index (χ0n) is 16.2. The van der Waals surface area contributed by atoms with Crippen LogP contribution in [0.15, 0.2) is 24.3 Å². The largest absolute Gasteiger partial charge is 0.399 e. The van der Waals surface area contributed by atoms with E-state index in [2.05, 4.69) is 10.2 Å². The van der Waals surface area contributed by atoms with E-state index in [-0.39, 0.29) is 0 Å². The molecule has 2 aromatic rings. The number of hydrogen-bond donors (Lipinski definition) is 2. The molecule has 3 heterocycles. The Balaban J connectivity index is 1.47. The van der Waals surface area contributed by atoms with Crippen LogP contribution < -0.4 is 16.0 Å². The van der Waals surface area contributed by atoms with Crippen LogP contribution in [0.5, 0.6) is 0 Å². The fraction of sp³-hybridized carbons (Fsp3) is 0.571. The molecular formula is C21H28N6O. The molecule has 2 bridgehead atoms. The number of nitrogens with zero attached hydrogens (tertiary/aromatic N) is 4. The fourth-order valence-corrected chi connectivity index (χ4v) is 4.54. The van der Waals surface area contributed by atoms with Crippen molar-refractivity contribution < 1.29 is 4.74 Å². The average molecular weight is 380 g/mol. The van der Waals surface area contributed by atoms with Crippen LogP contribution in [0.1, 0.15) is 44.9 Å². The molecule has 2 saturated heterocycles. The van der Waals surface area contributed by atoms with Gasteiger partial charge in [-0.2, -0.15) is 15.0 Å². The van der Waals surface area contributed by atoms with Crippen molar-refractivity contribution in [3.05, 3.63) is 24.3 Å². The minimum absolute atomic E-state index is 0.297. The van der Waals surface area contributed by atoms with Crippen LogP contribution in [0.2, 0.25) is 0 Å². The van der Waals surface area contributed by atoms with Gasteiger partial charge in [0.2, 0.25) is 11.9 Å². The molecule has 3 N–H and O–H groups in total. The van der Waals surface area contributed by atoms with Gasteiger partial charge in [0, 0.05) is 30.4 Å². The summed E-state index contributed by atoms with van der Waals surface area (Å²) < 4.78 is 5.99. The lowest BCUT2D eigenvalue weighted by Gasteiger charge is -2.32. The van der Waals surface area contributed by atoms with Gasteiger partial charge in [-0.05, 0) is 49.9 Å². The molecule has 2 atom stereocenters. The monoisotopic (exact) mass is 380 g/mol. The van der Waals surface area contributed by atoms with Crippen LogP contribution in [-0.4, -0.2) is 46.3 Å². The number of hydrogen-bond acceptors (Lipinski definition) is 7. The lowest BCUT2D eigenvalue weighted by atomic mass is 9.96. The van der Waals surface area contributed by atoms with E-state index in [4.69, 9.17) is 25.4 Å². The first-order valence-electron chi connectivity index (χ1n) is 10.5. The molecule has 1 aliphatic carbocycles. The molecule has 3 aliphatic rings. The smallest absolute Gasteiger partial charge is 0.230 e. The zero-order chi connectivity index (χ0) is 18.9. The number of ether oxygens (including phenoxy) is 1. The topological polar surface area (TPSA) is 89.2 Å². The third kappa shape index (κ3) is 3.76. The first-order valence-corrected chi connectivity index (χ1v) is 10.5. The van der Waals surface area contributed by atoms with Gasteiger partial charge < -0.3 is 20.7 Å². The van der Waals surface area contributed by atoms with E-state index in [1.54, 1.807) is 0 Å². The molecule has 28 heavy (non-hydrogen) atoms. The Bertz CT molecular complexity index is 808. The number of morpholine rings is 1. The van der Waals surface area contributed by atoms with Crippen molar-refractivity contribution in [2.24, 2.45) is 0 Å². The third-order valence-corrected chi connectivity index (χ3v) is 6.06. The lowest BCUT2D eigenvalue weighted by molar-refractivity contribution is 0.0299. The van der Waals surface area contributed by atoms with Crippen molar-refractivity contribution in [1.82, 2.24) is 15.0 Å². The summed E-state index contributed by atoms with van der Waals surface area (Å²) in [5.74, 6) is 2.13. The number of nitrogens with two attached hydrogens (primary N) is 1. The Morgan fingerprint density at radius 2 is 1.61 bits per heavy atom. The summed E-state index contributed by atoms with van der Waals surface area (Å²) in [5, 5.41) is 3.58. The Morgan fingerprint density at radius 1 is 0.893 bits per heavy atom. The fourth-order valence-electron chi connectivity index (χ4n) is 4.54. The zero-order valence-corrected chi connectivity index (χ0v) is 16.2. The Hall–Kier alpha value is -2.41. The van der Waals surface area contributed by atoms with Gasteiger partial charge in [-0.3, -0.25) is 0 Å². The quantitative estimate of drug-likeness (QED) is 0.787. The number of rotatable bonds is 4. The van der Waals surface area contributed by atoms with Crippen molar-refractivity contribution >= 4 is 17.6 Å². The summed E-state index contributed by atoms with van der Waals surface area (Å²) in [6, 6.07) is 8.18. The van der Waals surface area contributed by atoms with E-state index in [0.717, 1.165) is 43.1 Å². The minimum atomic E-state index is 0.297. The summed E-state index contributed by atoms with van der Waals surface area (Å²) in [6.07, 6.45) is 9.08. The van der Waals surface area contributed by atoms with E-state index in [9.17, 15) is 0 Å². The molecular weight excluding hydrogens is 352 g/mol. The van der Waals surface area contributed by atoms with Crippen molar-refractivity contribution in [2.45, 2.75) is 63.2 Å². The van der Waals surface area contributed by atoms with E-state index >= 15 is 0 Å². The lowest BCUT2D eigenvalue weighted by Crippen LogP contribution is -2.43. The molecule has 0 amide bonds. The highest BCUT2D eigenvalue weighted by atomic mass is 16.5. The molecule has 2 aliphatic heterocycles. The van der Waals surface area contributed by atoms with E-state index in [1.807, 2.05) is 24.3 Å². The molecule has 7 nitrogen and oxygen atoms in total. The van der Waals surface area contributed by atoms with Gasteiger partial charge in [-0.15, -0.1) is 0 Å². The highest BCUT2D eigenvalue weighted by Gasteiger charge is 2.35. The summed E-state index contributed by atoms with van der Waals surface area (Å²) in [7, 11) is 0. The second-order valence-electron chi connectivity index (χ2n) is 8.25. The van der Waals surface area contributed by atoms with Gasteiger partial charge in [0.25, 0.3) is 0 Å². The van der Waals surface area contributed by atoms with Crippen LogP contribution in [0, 0.1) is 0 Å². The maximum Gasteiger partial charge on any atom is 0.230 e. The maximum absolute atomic E-state index is 5.99. The normalized spacial score (nSPS) is 25.1. The molecule has 7 heteroatoms. The van der Waals surface area contributed by atoms with Gasteiger partial charge in [0.05, 0.1) is 12.2 Å². The summed E-state index contributed by atoms with van der Waals surface area (Å²) >= 11 is 0. The number of fused-ring (bicyclic) bond motifs is 2. The van der Waals surface area contributed by atoms with Crippen LogP contribution in [0.4, 0.5) is 17.6 Å². The molecule has 148 valence electrons. The predicted molar refractivity (Wildman–Crippen MR) is 110 cm³/mol. The van der Waals surface area contributed by atoms with Crippen molar-refractivity contribution in [2.75, 3.05) is 29.0 Å². The number of anilines is 3. The third-order valence-electron chi connectivity index (χ3n) is 6.06. The number of nitrogen functional groups attached to an aromatic ring is 1. The molecule has 1 aromatic carbocycles. The van der Waals surface area contributed by atoms with Gasteiger partial charge in [-0.1, -0.05) is 19.3 Å². The number of aromatic nitrogens is 3. The van der Waals surface area contributed by atoms with Gasteiger partial charge in [0.1, 0.15) is 0 Å². The second kappa shape index (κ2) is 7.54. The molecule has 5 rings (SSSR count). The highest BCUT2D eigenvalue weighted by molar-refractivity contribution is 5.61. The van der Waals surface area contributed by atoms with Crippen LogP contribution in [0.25, 0.3) is 11.4 Å². The highest BCUT2D eigenvalue weighted by Crippen LogP contribution is 2.30. The molecule has 1 saturated carbocycles. The molecule has 1 aromatic heterocycles. The second-order valence-corrected chi connectivity index (χ2v) is 8.25. The van der Waals surface area contributed by atoms with E-state index in [0.29, 0.717) is 30.0 Å². The molecule has 3 fully saturated rings. The van der Waals surface area contributed by atoms with Crippen LogP contribution in [-0.2, 0) is 4.74 Å². The number of nitrogens with one attached hydrogen (secondary N) is 1. The average Bonchev–Trinajstić information content (AvgIpc) is 3.06. The minimum Gasteiger partial charge on any atom is -0.399 e. The Labute approximate surface area is 165 Å². The molecule has 0 radical (unpaired) electrons. The number of benzene rings is 1. The molecule has 2 unspecified atom stereocenters. The SMILES string of the molecule is Nc1ccc(-c2nc(NC3CCCCC3)nc(N3CC4CCC(C3)O4)n2)cc1. The van der Waals surface area contributed by atoms with Crippen molar-refractivity contribution in [3.63, 3.8) is 0 Å². The van der Waals surface area contributed by atoms with Crippen molar-refractivity contribution in [3.8, 4) is 11.4 Å². The van der Waals surface area contributed by atoms with Crippen LogP contribution >= 0.6 is 0 Å². The summed E-state index contributed by atoms with van der Waals surface area (Å²) in [5.41, 5.74) is 7.55. The van der Waals surface area contributed by atoms with E-state index < -0.39 is 0 Å². The van der Waals surface area contributed by atoms with Crippen molar-refractivity contribution in [1.29, 1.82) is 0 Å². The molecule has 0 spiro atoms. The van der Waals surface area contributed by atoms with Gasteiger partial charge >= 0.3 is 0 Å². The Kier molecular flexibility index (Phi) is 4.76. The first kappa shape index (κ1) is 17.7. The standard InChI is InChI=1S/C21H28N6O/c22-15-8-6-14(7-9-15)19-24-20(23-16-4-2-1-3-5-16)26-21(25-19)27-12-17-10-11-18(13-27)28-17/h6-9,16-18H,1-5,10-13,22H2,(H,23,24,25,26). The van der Waals surface area contributed by atoms with E-state index in [1.165, 1.54) is 32.1 Å². The van der Waals surface area contributed by atoms with Gasteiger partial charge in [0.15, 0.2) is 5.82 Å².